The number of esters is 2. The average molecular weight is 500 g/mol. The van der Waals surface area contributed by atoms with Crippen LogP contribution in [0.1, 0.15) is 47.4 Å². The second-order valence-corrected chi connectivity index (χ2v) is 9.37. The van der Waals surface area contributed by atoms with Crippen molar-refractivity contribution in [3.05, 3.63) is 53.6 Å². The Hall–Kier alpha value is -4.04. The minimum absolute atomic E-state index is 0.296. The lowest BCUT2D eigenvalue weighted by Gasteiger charge is -2.14. The van der Waals surface area contributed by atoms with Crippen LogP contribution in [0.15, 0.2) is 42.5 Å². The molecule has 0 amide bonds. The van der Waals surface area contributed by atoms with Gasteiger partial charge in [-0.05, 0) is 75.7 Å². The number of benzene rings is 3. The summed E-state index contributed by atoms with van der Waals surface area (Å²) in [6.45, 7) is 5.76. The molecule has 0 saturated carbocycles. The lowest BCUT2D eigenvalue weighted by molar-refractivity contribution is 0.0517. The summed E-state index contributed by atoms with van der Waals surface area (Å²) in [5.41, 5.74) is 4.51. The van der Waals surface area contributed by atoms with Gasteiger partial charge in [-0.1, -0.05) is 0 Å². The van der Waals surface area contributed by atoms with Gasteiger partial charge in [0.05, 0.1) is 35.4 Å². The fraction of sp³-hybridized carbons (Fsp3) is 0.310. The molecule has 1 aliphatic heterocycles. The van der Waals surface area contributed by atoms with Gasteiger partial charge in [0.25, 0.3) is 0 Å². The van der Waals surface area contributed by atoms with Crippen molar-refractivity contribution in [3.63, 3.8) is 0 Å². The molecule has 1 saturated heterocycles. The minimum Gasteiger partial charge on any atom is -0.488 e. The van der Waals surface area contributed by atoms with Crippen molar-refractivity contribution in [2.75, 3.05) is 26.4 Å². The zero-order valence-corrected chi connectivity index (χ0v) is 20.9. The molecule has 8 heteroatoms. The molecule has 0 aliphatic carbocycles. The molecule has 190 valence electrons. The zero-order chi connectivity index (χ0) is 25.5. The molecule has 0 radical (unpaired) electrons. The number of carbonyl (C=O) groups is 2. The summed E-state index contributed by atoms with van der Waals surface area (Å²) in [5, 5.41) is 7.17. The van der Waals surface area contributed by atoms with Crippen LogP contribution in [0, 0.1) is 0 Å². The maximum Gasteiger partial charge on any atom is 0.338 e. The molecule has 0 spiro atoms. The van der Waals surface area contributed by atoms with Gasteiger partial charge in [-0.3, -0.25) is 0 Å². The molecule has 6 rings (SSSR count). The summed E-state index contributed by atoms with van der Waals surface area (Å²) in [7, 11) is 0. The number of hydrogen-bond donors (Lipinski definition) is 3. The van der Waals surface area contributed by atoms with Crippen LogP contribution in [-0.2, 0) is 9.47 Å². The molecule has 37 heavy (non-hydrogen) atoms. The molecule has 3 N–H and O–H groups in total. The predicted molar refractivity (Wildman–Crippen MR) is 144 cm³/mol. The monoisotopic (exact) mass is 499 g/mol. The van der Waals surface area contributed by atoms with Crippen LogP contribution in [0.4, 0.5) is 0 Å². The summed E-state index contributed by atoms with van der Waals surface area (Å²) < 4.78 is 17.0. The molecule has 1 atom stereocenters. The van der Waals surface area contributed by atoms with E-state index in [1.54, 1.807) is 26.0 Å². The number of fused-ring (bicyclic) bond motifs is 6. The first-order valence-corrected chi connectivity index (χ1v) is 12.8. The summed E-state index contributed by atoms with van der Waals surface area (Å²) in [5.74, 6) is 0.0218. The van der Waals surface area contributed by atoms with E-state index in [-0.39, 0.29) is 11.9 Å². The highest BCUT2D eigenvalue weighted by molar-refractivity contribution is 6.21. The van der Waals surface area contributed by atoms with Crippen molar-refractivity contribution in [1.82, 2.24) is 15.3 Å². The van der Waals surface area contributed by atoms with Crippen molar-refractivity contribution in [2.45, 2.75) is 32.7 Å². The summed E-state index contributed by atoms with van der Waals surface area (Å²) in [4.78, 5) is 31.9. The molecule has 3 heterocycles. The van der Waals surface area contributed by atoms with Gasteiger partial charge in [0.15, 0.2) is 5.75 Å². The first-order valence-electron chi connectivity index (χ1n) is 12.8. The van der Waals surface area contributed by atoms with E-state index < -0.39 is 0 Å². The molecule has 5 aromatic rings. The average Bonchev–Trinajstić information content (AvgIpc) is 3.64. The number of aromatic amines is 2. The standard InChI is InChI=1S/C29H29N3O5/c1-3-35-28(33)16-7-9-23-19(12-16)21-14-22-20-13-17(29(34)36-4-2)8-10-24(20)32-26(22)27(25(21)31-23)37-15-18-6-5-11-30-18/h7-10,12-14,18,30-32H,3-6,11,15H2,1-2H3. The Bertz CT molecular complexity index is 1550. The van der Waals surface area contributed by atoms with E-state index >= 15 is 0 Å². The van der Waals surface area contributed by atoms with Crippen LogP contribution in [0.3, 0.4) is 0 Å². The van der Waals surface area contributed by atoms with E-state index in [9.17, 15) is 9.59 Å². The lowest BCUT2D eigenvalue weighted by Crippen LogP contribution is -2.28. The normalized spacial score (nSPS) is 15.7. The third kappa shape index (κ3) is 4.07. The highest BCUT2D eigenvalue weighted by Gasteiger charge is 2.22. The van der Waals surface area contributed by atoms with Gasteiger partial charge < -0.3 is 29.5 Å². The molecule has 2 aromatic heterocycles. The first-order chi connectivity index (χ1) is 18.1. The number of nitrogens with one attached hydrogen (secondary N) is 3. The van der Waals surface area contributed by atoms with Crippen molar-refractivity contribution >= 4 is 55.6 Å². The van der Waals surface area contributed by atoms with E-state index in [1.165, 1.54) is 0 Å². The minimum atomic E-state index is -0.352. The summed E-state index contributed by atoms with van der Waals surface area (Å²) in [6.07, 6.45) is 2.21. The van der Waals surface area contributed by atoms with E-state index in [0.717, 1.165) is 68.7 Å². The molecular weight excluding hydrogens is 470 g/mol. The highest BCUT2D eigenvalue weighted by atomic mass is 16.5. The van der Waals surface area contributed by atoms with Crippen molar-refractivity contribution in [3.8, 4) is 5.75 Å². The van der Waals surface area contributed by atoms with Gasteiger partial charge in [-0.15, -0.1) is 0 Å². The Balaban J connectivity index is 1.58. The van der Waals surface area contributed by atoms with Gasteiger partial charge in [-0.25, -0.2) is 9.59 Å². The van der Waals surface area contributed by atoms with E-state index in [2.05, 4.69) is 21.4 Å². The lowest BCUT2D eigenvalue weighted by atomic mass is 10.0. The second-order valence-electron chi connectivity index (χ2n) is 9.37. The fourth-order valence-electron chi connectivity index (χ4n) is 5.26. The van der Waals surface area contributed by atoms with Gasteiger partial charge in [-0.2, -0.15) is 0 Å². The quantitative estimate of drug-likeness (QED) is 0.258. The number of carbonyl (C=O) groups excluding carboxylic acids is 2. The second kappa shape index (κ2) is 9.44. The Kier molecular flexibility index (Phi) is 5.96. The van der Waals surface area contributed by atoms with Crippen LogP contribution >= 0.6 is 0 Å². The van der Waals surface area contributed by atoms with E-state index in [1.807, 2.05) is 24.3 Å². The Morgan fingerprint density at radius 3 is 1.86 bits per heavy atom. The first kappa shape index (κ1) is 23.4. The van der Waals surface area contributed by atoms with Crippen LogP contribution in [0.5, 0.6) is 5.75 Å². The van der Waals surface area contributed by atoms with Crippen LogP contribution in [0.2, 0.25) is 0 Å². The van der Waals surface area contributed by atoms with Crippen molar-refractivity contribution < 1.29 is 23.8 Å². The molecule has 8 nitrogen and oxygen atoms in total. The Morgan fingerprint density at radius 2 is 1.38 bits per heavy atom. The van der Waals surface area contributed by atoms with Crippen LogP contribution in [0.25, 0.3) is 43.6 Å². The molecule has 0 bridgehead atoms. The van der Waals surface area contributed by atoms with Gasteiger partial charge in [0.2, 0.25) is 0 Å². The third-order valence-electron chi connectivity index (χ3n) is 7.03. The summed E-state index contributed by atoms with van der Waals surface area (Å²) in [6, 6.07) is 13.4. The highest BCUT2D eigenvalue weighted by Crippen LogP contribution is 2.41. The number of rotatable bonds is 7. The van der Waals surface area contributed by atoms with Crippen molar-refractivity contribution in [1.29, 1.82) is 0 Å². The van der Waals surface area contributed by atoms with E-state index in [4.69, 9.17) is 14.2 Å². The molecule has 1 fully saturated rings. The van der Waals surface area contributed by atoms with Gasteiger partial charge >= 0.3 is 11.9 Å². The third-order valence-corrected chi connectivity index (χ3v) is 7.03. The smallest absolute Gasteiger partial charge is 0.338 e. The predicted octanol–water partition coefficient (Wildman–Crippen LogP) is 5.44. The van der Waals surface area contributed by atoms with Crippen LogP contribution < -0.4 is 10.1 Å². The van der Waals surface area contributed by atoms with Crippen LogP contribution in [-0.4, -0.2) is 54.3 Å². The van der Waals surface area contributed by atoms with Gasteiger partial charge in [0, 0.05) is 38.6 Å². The Morgan fingerprint density at radius 1 is 0.811 bits per heavy atom. The molecule has 1 unspecified atom stereocenters. The molecule has 3 aromatic carbocycles. The fourth-order valence-corrected chi connectivity index (χ4v) is 5.26. The molecular formula is C29H29N3O5. The number of ether oxygens (including phenoxy) is 3. The number of aromatic nitrogens is 2. The zero-order valence-electron chi connectivity index (χ0n) is 20.9. The largest absolute Gasteiger partial charge is 0.488 e. The SMILES string of the molecule is CCOC(=O)c1ccc2[nH]c3c(OCC4CCCN4)c4[nH]c5ccc(C(=O)OCC)cc5c4cc3c2c1. The topological polar surface area (TPSA) is 105 Å². The maximum absolute atomic E-state index is 12.5. The molecule has 1 aliphatic rings. The van der Waals surface area contributed by atoms with Gasteiger partial charge in [0.1, 0.15) is 6.61 Å². The number of hydrogen-bond acceptors (Lipinski definition) is 6. The maximum atomic E-state index is 12.5. The summed E-state index contributed by atoms with van der Waals surface area (Å²) >= 11 is 0. The Labute approximate surface area is 213 Å². The van der Waals surface area contributed by atoms with Crippen molar-refractivity contribution in [2.24, 2.45) is 0 Å². The van der Waals surface area contributed by atoms with E-state index in [0.29, 0.717) is 37.0 Å². The number of H-pyrrole nitrogens is 2.